The number of halogens is 3. The fraction of sp³-hybridized carbons (Fsp3) is 0.286. The predicted molar refractivity (Wildman–Crippen MR) is 106 cm³/mol. The number of alkyl halides is 3. The summed E-state index contributed by atoms with van der Waals surface area (Å²) in [5, 5.41) is 5.79. The van der Waals surface area contributed by atoms with E-state index in [1.807, 2.05) is 18.2 Å². The van der Waals surface area contributed by atoms with Crippen molar-refractivity contribution in [1.82, 2.24) is 9.97 Å². The number of benzene rings is 1. The summed E-state index contributed by atoms with van der Waals surface area (Å²) in [5.41, 5.74) is 1.29. The van der Waals surface area contributed by atoms with Gasteiger partial charge in [-0.15, -0.1) is 0 Å². The molecule has 2 N–H and O–H groups in total. The number of hydrogen-bond acceptors (Lipinski definition) is 4. The van der Waals surface area contributed by atoms with Crippen molar-refractivity contribution >= 4 is 28.4 Å². The lowest BCUT2D eigenvalue weighted by atomic mass is 9.90. The molecule has 30 heavy (non-hydrogen) atoms. The first-order chi connectivity index (χ1) is 14.4. The second kappa shape index (κ2) is 8.27. The molecule has 1 aromatic carbocycles. The number of hydrogen-bond donors (Lipinski definition) is 2. The Hall–Kier alpha value is -3.20. The van der Waals surface area contributed by atoms with E-state index in [4.69, 9.17) is 4.74 Å². The number of anilines is 2. The number of urea groups is 1. The third-order valence-electron chi connectivity index (χ3n) is 4.99. The Morgan fingerprint density at radius 2 is 1.87 bits per heavy atom. The maximum Gasteiger partial charge on any atom is 0.433 e. The average molecular weight is 416 g/mol. The van der Waals surface area contributed by atoms with Gasteiger partial charge in [0.1, 0.15) is 11.5 Å². The number of nitrogens with zero attached hydrogens (tertiary/aromatic N) is 2. The van der Waals surface area contributed by atoms with Gasteiger partial charge < -0.3 is 10.1 Å². The lowest BCUT2D eigenvalue weighted by Gasteiger charge is -2.22. The highest BCUT2D eigenvalue weighted by Gasteiger charge is 2.32. The molecule has 3 aromatic rings. The SMILES string of the molecule is O=C(Nc1cccc(C(F)(F)F)n1)Nc1ccnc2ccc(C3CCOCC3)cc12. The molecular weight excluding hydrogens is 397 g/mol. The number of pyridine rings is 2. The van der Waals surface area contributed by atoms with Crippen LogP contribution in [-0.2, 0) is 10.9 Å². The zero-order valence-electron chi connectivity index (χ0n) is 15.9. The van der Waals surface area contributed by atoms with Gasteiger partial charge in [-0.1, -0.05) is 12.1 Å². The van der Waals surface area contributed by atoms with Crippen LogP contribution in [0.15, 0.2) is 48.7 Å². The average Bonchev–Trinajstić information content (AvgIpc) is 2.74. The number of fused-ring (bicyclic) bond motifs is 1. The van der Waals surface area contributed by atoms with E-state index in [2.05, 4.69) is 20.6 Å². The molecule has 0 aliphatic carbocycles. The first-order valence-electron chi connectivity index (χ1n) is 9.49. The molecule has 156 valence electrons. The van der Waals surface area contributed by atoms with Crippen LogP contribution in [0.4, 0.5) is 29.5 Å². The Morgan fingerprint density at radius 1 is 1.07 bits per heavy atom. The highest BCUT2D eigenvalue weighted by atomic mass is 19.4. The third-order valence-corrected chi connectivity index (χ3v) is 4.99. The van der Waals surface area contributed by atoms with Crippen molar-refractivity contribution in [1.29, 1.82) is 0 Å². The van der Waals surface area contributed by atoms with Crippen molar-refractivity contribution in [2.45, 2.75) is 24.9 Å². The third kappa shape index (κ3) is 4.51. The summed E-state index contributed by atoms with van der Waals surface area (Å²) in [5.74, 6) is 0.183. The van der Waals surface area contributed by atoms with Gasteiger partial charge in [-0.3, -0.25) is 10.3 Å². The van der Waals surface area contributed by atoms with Crippen LogP contribution >= 0.6 is 0 Å². The topological polar surface area (TPSA) is 76.1 Å². The first kappa shape index (κ1) is 20.1. The van der Waals surface area contributed by atoms with Gasteiger partial charge in [0.05, 0.1) is 11.2 Å². The Morgan fingerprint density at radius 3 is 2.63 bits per heavy atom. The number of carbonyl (C=O) groups is 1. The van der Waals surface area contributed by atoms with E-state index in [9.17, 15) is 18.0 Å². The number of nitrogens with one attached hydrogen (secondary N) is 2. The second-order valence-electron chi connectivity index (χ2n) is 7.01. The fourth-order valence-electron chi connectivity index (χ4n) is 3.49. The van der Waals surface area contributed by atoms with Crippen molar-refractivity contribution in [3.63, 3.8) is 0 Å². The number of carbonyl (C=O) groups excluding carboxylic acids is 1. The molecule has 4 rings (SSSR count). The predicted octanol–water partition coefficient (Wildman–Crippen LogP) is 5.19. The van der Waals surface area contributed by atoms with Crippen LogP contribution in [0.5, 0.6) is 0 Å². The van der Waals surface area contributed by atoms with Gasteiger partial charge in [-0.2, -0.15) is 13.2 Å². The lowest BCUT2D eigenvalue weighted by molar-refractivity contribution is -0.141. The van der Waals surface area contributed by atoms with Gasteiger partial charge in [0, 0.05) is 24.8 Å². The Labute approximate surface area is 170 Å². The number of ether oxygens (including phenoxy) is 1. The Balaban J connectivity index is 1.55. The standard InChI is InChI=1S/C21H19F3N4O2/c22-21(23,24)18-2-1-3-19(27-18)28-20(29)26-17-6-9-25-16-5-4-14(12-15(16)17)13-7-10-30-11-8-13/h1-6,9,12-13H,7-8,10-11H2,(H2,25,26,27,28,29). The van der Waals surface area contributed by atoms with Crippen LogP contribution in [0.2, 0.25) is 0 Å². The Bertz CT molecular complexity index is 1070. The summed E-state index contributed by atoms with van der Waals surface area (Å²) in [6, 6.07) is 10.2. The zero-order chi connectivity index (χ0) is 21.1. The number of amides is 2. The molecule has 1 fully saturated rings. The summed E-state index contributed by atoms with van der Waals surface area (Å²) in [6.07, 6.45) is -1.17. The summed E-state index contributed by atoms with van der Waals surface area (Å²) in [4.78, 5) is 20.2. The molecule has 0 spiro atoms. The molecule has 1 aliphatic heterocycles. The van der Waals surface area contributed by atoms with E-state index < -0.39 is 17.9 Å². The van der Waals surface area contributed by atoms with Gasteiger partial charge in [-0.25, -0.2) is 9.78 Å². The van der Waals surface area contributed by atoms with Gasteiger partial charge in [-0.05, 0) is 54.7 Å². The van der Waals surface area contributed by atoms with Crippen molar-refractivity contribution < 1.29 is 22.7 Å². The van der Waals surface area contributed by atoms with Crippen molar-refractivity contribution in [3.05, 3.63) is 59.9 Å². The molecule has 3 heterocycles. The summed E-state index contributed by atoms with van der Waals surface area (Å²) in [7, 11) is 0. The van der Waals surface area contributed by atoms with Crippen molar-refractivity contribution in [2.75, 3.05) is 23.8 Å². The van der Waals surface area contributed by atoms with Crippen LogP contribution in [0.25, 0.3) is 10.9 Å². The monoisotopic (exact) mass is 416 g/mol. The quantitative estimate of drug-likeness (QED) is 0.616. The molecule has 1 saturated heterocycles. The van der Waals surface area contributed by atoms with Gasteiger partial charge in [0.2, 0.25) is 0 Å². The molecule has 1 aliphatic rings. The first-order valence-corrected chi connectivity index (χ1v) is 9.49. The highest BCUT2D eigenvalue weighted by molar-refractivity contribution is 6.05. The maximum atomic E-state index is 12.8. The van der Waals surface area contributed by atoms with Crippen LogP contribution in [-0.4, -0.2) is 29.2 Å². The number of aromatic nitrogens is 2. The van der Waals surface area contributed by atoms with Gasteiger partial charge >= 0.3 is 12.2 Å². The lowest BCUT2D eigenvalue weighted by Crippen LogP contribution is -2.21. The molecule has 9 heteroatoms. The Kier molecular flexibility index (Phi) is 5.54. The smallest absolute Gasteiger partial charge is 0.381 e. The van der Waals surface area contributed by atoms with Gasteiger partial charge in [0.25, 0.3) is 0 Å². The van der Waals surface area contributed by atoms with E-state index >= 15 is 0 Å². The van der Waals surface area contributed by atoms with Crippen molar-refractivity contribution in [3.8, 4) is 0 Å². The van der Waals surface area contributed by atoms with E-state index in [1.54, 1.807) is 12.3 Å². The largest absolute Gasteiger partial charge is 0.433 e. The molecule has 2 aromatic heterocycles. The zero-order valence-corrected chi connectivity index (χ0v) is 15.9. The molecule has 0 unspecified atom stereocenters. The molecule has 0 bridgehead atoms. The van der Waals surface area contributed by atoms with Crippen LogP contribution < -0.4 is 10.6 Å². The van der Waals surface area contributed by atoms with Crippen molar-refractivity contribution in [2.24, 2.45) is 0 Å². The van der Waals surface area contributed by atoms with Crippen LogP contribution in [0.1, 0.15) is 30.0 Å². The molecule has 6 nitrogen and oxygen atoms in total. The summed E-state index contributed by atoms with van der Waals surface area (Å²) >= 11 is 0. The maximum absolute atomic E-state index is 12.8. The van der Waals surface area contributed by atoms with E-state index in [0.717, 1.165) is 29.9 Å². The molecule has 0 saturated carbocycles. The molecular formula is C21H19F3N4O2. The van der Waals surface area contributed by atoms with Gasteiger partial charge in [0.15, 0.2) is 0 Å². The normalized spacial score (nSPS) is 15.2. The fourth-order valence-corrected chi connectivity index (χ4v) is 3.49. The molecule has 0 radical (unpaired) electrons. The number of rotatable bonds is 3. The van der Waals surface area contributed by atoms with E-state index in [1.165, 1.54) is 12.1 Å². The van der Waals surface area contributed by atoms with E-state index in [-0.39, 0.29) is 5.82 Å². The molecule has 0 atom stereocenters. The minimum Gasteiger partial charge on any atom is -0.381 e. The van der Waals surface area contributed by atoms with Crippen LogP contribution in [0.3, 0.4) is 0 Å². The minimum absolute atomic E-state index is 0.191. The summed E-state index contributed by atoms with van der Waals surface area (Å²) < 4.78 is 43.9. The van der Waals surface area contributed by atoms with Crippen LogP contribution in [0, 0.1) is 0 Å². The second-order valence-corrected chi connectivity index (χ2v) is 7.01. The summed E-state index contributed by atoms with van der Waals surface area (Å²) in [6.45, 7) is 1.43. The minimum atomic E-state index is -4.59. The molecule has 2 amide bonds. The van der Waals surface area contributed by atoms with E-state index in [0.29, 0.717) is 30.3 Å². The highest BCUT2D eigenvalue weighted by Crippen LogP contribution is 2.31.